The van der Waals surface area contributed by atoms with Crippen molar-refractivity contribution in [2.75, 3.05) is 24.7 Å². The lowest BCUT2D eigenvalue weighted by molar-refractivity contribution is -0.384. The number of benzene rings is 1. The molecule has 7 nitrogen and oxygen atoms in total. The molecule has 0 saturated carbocycles. The number of hydrogen-bond donors (Lipinski definition) is 1. The van der Waals surface area contributed by atoms with Gasteiger partial charge >= 0.3 is 0 Å². The van der Waals surface area contributed by atoms with Gasteiger partial charge in [-0.3, -0.25) is 14.9 Å². The lowest BCUT2D eigenvalue weighted by Crippen LogP contribution is -2.48. The number of nitro groups is 1. The fourth-order valence-corrected chi connectivity index (χ4v) is 1.98. The molecule has 1 fully saturated rings. The first-order valence-corrected chi connectivity index (χ1v) is 5.92. The Bertz CT molecular complexity index is 472. The third kappa shape index (κ3) is 2.88. The summed E-state index contributed by atoms with van der Waals surface area (Å²) in [6.45, 7) is 0.663. The molecule has 1 heterocycles. The average molecular weight is 266 g/mol. The molecule has 0 aromatic heterocycles. The van der Waals surface area contributed by atoms with Crippen molar-refractivity contribution in [2.45, 2.75) is 12.5 Å². The van der Waals surface area contributed by atoms with Gasteiger partial charge in [0.15, 0.2) is 0 Å². The number of carbonyl (C=O) groups excluding carboxylic acids is 1. The maximum absolute atomic E-state index is 12.1. The monoisotopic (exact) mass is 266 g/mol. The molecule has 1 N–H and O–H groups in total. The Kier molecular flexibility index (Phi) is 4.08. The van der Waals surface area contributed by atoms with Crippen LogP contribution in [0.3, 0.4) is 0 Å². The van der Waals surface area contributed by atoms with Crippen molar-refractivity contribution in [1.29, 1.82) is 0 Å². The summed E-state index contributed by atoms with van der Waals surface area (Å²) in [4.78, 5) is 23.7. The van der Waals surface area contributed by atoms with Crippen LogP contribution in [0.4, 0.5) is 11.4 Å². The van der Waals surface area contributed by atoms with E-state index in [1.807, 2.05) is 0 Å². The van der Waals surface area contributed by atoms with E-state index in [-0.39, 0.29) is 24.6 Å². The summed E-state index contributed by atoms with van der Waals surface area (Å²) in [5, 5.41) is 19.4. The lowest BCUT2D eigenvalue weighted by atomic mass is 10.1. The molecule has 1 atom stereocenters. The molecule has 1 aliphatic heterocycles. The van der Waals surface area contributed by atoms with Gasteiger partial charge in [-0.25, -0.2) is 0 Å². The van der Waals surface area contributed by atoms with E-state index < -0.39 is 11.0 Å². The largest absolute Gasteiger partial charge is 0.396 e. The zero-order chi connectivity index (χ0) is 13.8. The predicted molar refractivity (Wildman–Crippen MR) is 66.9 cm³/mol. The van der Waals surface area contributed by atoms with Gasteiger partial charge in [0.05, 0.1) is 11.5 Å². The highest BCUT2D eigenvalue weighted by Gasteiger charge is 2.30. The summed E-state index contributed by atoms with van der Waals surface area (Å²) in [5.74, 6) is -0.228. The lowest BCUT2D eigenvalue weighted by Gasteiger charge is -2.32. The third-order valence-electron chi connectivity index (χ3n) is 2.94. The van der Waals surface area contributed by atoms with E-state index in [1.54, 1.807) is 0 Å². The molecule has 7 heteroatoms. The number of carbonyl (C=O) groups is 1. The van der Waals surface area contributed by atoms with Crippen LogP contribution < -0.4 is 4.90 Å². The second-order valence-corrected chi connectivity index (χ2v) is 4.14. The van der Waals surface area contributed by atoms with Crippen LogP contribution in [0.5, 0.6) is 0 Å². The molecule has 1 saturated heterocycles. The molecule has 1 aromatic carbocycles. The molecule has 2 rings (SSSR count). The Labute approximate surface area is 109 Å². The minimum absolute atomic E-state index is 0.0173. The standard InChI is InChI=1S/C12H14N2O5/c15-7-5-11-12(16)13(6-8-19-11)9-1-3-10(4-2-9)14(17)18/h1-4,11,15H,5-8H2. The molecule has 1 aliphatic rings. The molecule has 0 aliphatic carbocycles. The Hall–Kier alpha value is -1.99. The Balaban J connectivity index is 2.16. The summed E-state index contributed by atoms with van der Waals surface area (Å²) in [7, 11) is 0. The quantitative estimate of drug-likeness (QED) is 0.640. The normalized spacial score (nSPS) is 19.5. The second-order valence-electron chi connectivity index (χ2n) is 4.14. The average Bonchev–Trinajstić information content (AvgIpc) is 2.41. The van der Waals surface area contributed by atoms with Gasteiger partial charge in [-0.1, -0.05) is 0 Å². The van der Waals surface area contributed by atoms with E-state index >= 15 is 0 Å². The number of nitrogens with zero attached hydrogens (tertiary/aromatic N) is 2. The molecular weight excluding hydrogens is 252 g/mol. The first kappa shape index (κ1) is 13.4. The fourth-order valence-electron chi connectivity index (χ4n) is 1.98. The Morgan fingerprint density at radius 2 is 2.11 bits per heavy atom. The molecule has 19 heavy (non-hydrogen) atoms. The van der Waals surface area contributed by atoms with E-state index in [4.69, 9.17) is 9.84 Å². The maximum atomic E-state index is 12.1. The minimum atomic E-state index is -0.644. The van der Waals surface area contributed by atoms with E-state index in [0.717, 1.165) is 0 Å². The van der Waals surface area contributed by atoms with Gasteiger partial charge in [0.25, 0.3) is 11.6 Å². The highest BCUT2D eigenvalue weighted by Crippen LogP contribution is 2.22. The van der Waals surface area contributed by atoms with Crippen LogP contribution in [0.15, 0.2) is 24.3 Å². The zero-order valence-electron chi connectivity index (χ0n) is 10.2. The van der Waals surface area contributed by atoms with Crippen LogP contribution in [-0.4, -0.2) is 41.8 Å². The maximum Gasteiger partial charge on any atom is 0.269 e. The summed E-state index contributed by atoms with van der Waals surface area (Å²) in [5.41, 5.74) is 0.582. The minimum Gasteiger partial charge on any atom is -0.396 e. The van der Waals surface area contributed by atoms with Crippen molar-refractivity contribution in [3.05, 3.63) is 34.4 Å². The molecular formula is C12H14N2O5. The molecule has 0 radical (unpaired) electrons. The van der Waals surface area contributed by atoms with Crippen molar-refractivity contribution in [2.24, 2.45) is 0 Å². The van der Waals surface area contributed by atoms with Gasteiger partial charge < -0.3 is 14.7 Å². The number of rotatable bonds is 4. The van der Waals surface area contributed by atoms with Gasteiger partial charge in [0, 0.05) is 37.4 Å². The number of aliphatic hydroxyl groups is 1. The number of amides is 1. The predicted octanol–water partition coefficient (Wildman–Crippen LogP) is 0.709. The first-order chi connectivity index (χ1) is 9.13. The van der Waals surface area contributed by atoms with Crippen LogP contribution >= 0.6 is 0 Å². The van der Waals surface area contributed by atoms with Crippen LogP contribution in [0.2, 0.25) is 0 Å². The molecule has 1 aromatic rings. The summed E-state index contributed by atoms with van der Waals surface area (Å²) >= 11 is 0. The number of aliphatic hydroxyl groups excluding tert-OH is 1. The van der Waals surface area contributed by atoms with Crippen LogP contribution in [0.25, 0.3) is 0 Å². The summed E-state index contributed by atoms with van der Waals surface area (Å²) in [6, 6.07) is 5.80. The highest BCUT2D eigenvalue weighted by atomic mass is 16.6. The molecule has 0 bridgehead atoms. The van der Waals surface area contributed by atoms with Crippen molar-refractivity contribution in [3.8, 4) is 0 Å². The van der Waals surface area contributed by atoms with E-state index in [0.29, 0.717) is 18.8 Å². The number of morpholine rings is 1. The van der Waals surface area contributed by atoms with Crippen LogP contribution in [0.1, 0.15) is 6.42 Å². The summed E-state index contributed by atoms with van der Waals surface area (Å²) < 4.78 is 5.28. The molecule has 1 unspecified atom stereocenters. The fraction of sp³-hybridized carbons (Fsp3) is 0.417. The van der Waals surface area contributed by atoms with E-state index in [9.17, 15) is 14.9 Å². The number of hydrogen-bond acceptors (Lipinski definition) is 5. The van der Waals surface area contributed by atoms with Gasteiger partial charge in [0.2, 0.25) is 0 Å². The van der Waals surface area contributed by atoms with Crippen molar-refractivity contribution >= 4 is 17.3 Å². The summed E-state index contributed by atoms with van der Waals surface area (Å²) in [6.07, 6.45) is -0.392. The molecule has 0 spiro atoms. The second kappa shape index (κ2) is 5.77. The van der Waals surface area contributed by atoms with Gasteiger partial charge in [0.1, 0.15) is 6.10 Å². The number of non-ortho nitro benzene ring substituents is 1. The SMILES string of the molecule is O=C1C(CCO)OCCN1c1ccc([N+](=O)[O-])cc1. The zero-order valence-corrected chi connectivity index (χ0v) is 10.2. The molecule has 102 valence electrons. The number of nitro benzene ring substituents is 1. The Morgan fingerprint density at radius 3 is 2.68 bits per heavy atom. The highest BCUT2D eigenvalue weighted by molar-refractivity contribution is 5.97. The van der Waals surface area contributed by atoms with Gasteiger partial charge in [-0.15, -0.1) is 0 Å². The molecule has 1 amide bonds. The first-order valence-electron chi connectivity index (χ1n) is 5.92. The van der Waals surface area contributed by atoms with E-state index in [2.05, 4.69) is 0 Å². The van der Waals surface area contributed by atoms with Gasteiger partial charge in [-0.05, 0) is 12.1 Å². The van der Waals surface area contributed by atoms with Crippen molar-refractivity contribution < 1.29 is 19.6 Å². The van der Waals surface area contributed by atoms with Crippen LogP contribution in [-0.2, 0) is 9.53 Å². The number of ether oxygens (including phenoxy) is 1. The Morgan fingerprint density at radius 1 is 1.42 bits per heavy atom. The number of anilines is 1. The third-order valence-corrected chi connectivity index (χ3v) is 2.94. The van der Waals surface area contributed by atoms with Crippen molar-refractivity contribution in [3.63, 3.8) is 0 Å². The van der Waals surface area contributed by atoms with E-state index in [1.165, 1.54) is 29.2 Å². The van der Waals surface area contributed by atoms with Crippen LogP contribution in [0, 0.1) is 10.1 Å². The van der Waals surface area contributed by atoms with Crippen molar-refractivity contribution in [1.82, 2.24) is 0 Å². The smallest absolute Gasteiger partial charge is 0.269 e. The topological polar surface area (TPSA) is 92.9 Å². The van der Waals surface area contributed by atoms with Gasteiger partial charge in [-0.2, -0.15) is 0 Å².